The fourth-order valence-electron chi connectivity index (χ4n) is 4.03. The first kappa shape index (κ1) is 29.5. The molecular formula is C22H36O8S2SeSi. The van der Waals surface area contributed by atoms with Crippen molar-refractivity contribution in [3.8, 4) is 0 Å². The first-order chi connectivity index (χ1) is 15.3. The summed E-state index contributed by atoms with van der Waals surface area (Å²) < 4.78 is 64.9. The molecule has 0 bridgehead atoms. The average Bonchev–Trinajstić information content (AvgIpc) is 3.29. The fraction of sp³-hybridized carbons (Fsp3) is 0.682. The third-order valence-electron chi connectivity index (χ3n) is 5.46. The van der Waals surface area contributed by atoms with Gasteiger partial charge in [-0.1, -0.05) is 0 Å². The number of esters is 1. The molecule has 194 valence electrons. The topological polar surface area (TPSA) is 113 Å². The standard InChI is InChI=1S/C22H36O8S2SeSi/c1-21(2,3)30-19(23)17-18(20(34(6,7)8)33-16-12-10-9-11-13-16)22(17,14-28-31(4,24)25)15-29-32(5,26)27/h9-13,17-18,20H,14-15H2,1-8H3/t17-,18+,20-/m0/s1. The molecule has 0 saturated heterocycles. The van der Waals surface area contributed by atoms with Gasteiger partial charge in [-0.2, -0.15) is 0 Å². The van der Waals surface area contributed by atoms with Gasteiger partial charge in [0.05, 0.1) is 0 Å². The molecule has 1 saturated carbocycles. The fourth-order valence-corrected chi connectivity index (χ4v) is 12.3. The second-order valence-corrected chi connectivity index (χ2v) is 23.0. The summed E-state index contributed by atoms with van der Waals surface area (Å²) in [6, 6.07) is 9.94. The molecular weight excluding hydrogens is 563 g/mol. The van der Waals surface area contributed by atoms with Crippen LogP contribution in [-0.4, -0.2) is 77.2 Å². The number of carbonyl (C=O) groups is 1. The first-order valence-corrected chi connectivity index (χ1v) is 19.9. The molecule has 1 aliphatic carbocycles. The van der Waals surface area contributed by atoms with E-state index >= 15 is 0 Å². The van der Waals surface area contributed by atoms with Crippen molar-refractivity contribution in [3.63, 3.8) is 0 Å². The third kappa shape index (κ3) is 8.43. The summed E-state index contributed by atoms with van der Waals surface area (Å²) in [6.07, 6.45) is 1.86. The van der Waals surface area contributed by atoms with Gasteiger partial charge in [-0.05, 0) is 0 Å². The molecule has 0 spiro atoms. The molecule has 2 rings (SSSR count). The Kier molecular flexibility index (Phi) is 8.94. The Morgan fingerprint density at radius 2 is 1.47 bits per heavy atom. The van der Waals surface area contributed by atoms with Gasteiger partial charge >= 0.3 is 212 Å². The van der Waals surface area contributed by atoms with Gasteiger partial charge < -0.3 is 0 Å². The van der Waals surface area contributed by atoms with E-state index < -0.39 is 51.2 Å². The molecule has 0 amide bonds. The van der Waals surface area contributed by atoms with Crippen molar-refractivity contribution in [1.29, 1.82) is 0 Å². The quantitative estimate of drug-likeness (QED) is 0.216. The minimum atomic E-state index is -3.84. The van der Waals surface area contributed by atoms with E-state index in [9.17, 15) is 21.6 Å². The van der Waals surface area contributed by atoms with E-state index in [2.05, 4.69) is 19.6 Å². The maximum absolute atomic E-state index is 13.4. The van der Waals surface area contributed by atoms with Gasteiger partial charge in [-0.3, -0.25) is 0 Å². The molecule has 0 N–H and O–H groups in total. The third-order valence-corrected chi connectivity index (χ3v) is 16.0. The molecule has 0 heterocycles. The zero-order valence-electron chi connectivity index (χ0n) is 21.0. The number of hydrogen-bond acceptors (Lipinski definition) is 8. The predicted molar refractivity (Wildman–Crippen MR) is 136 cm³/mol. The van der Waals surface area contributed by atoms with E-state index in [1.165, 1.54) is 0 Å². The SMILES string of the molecule is CC(C)(C)OC(=O)[C@@H]1[C@H]([C@@H]([Se]c2ccccc2)[Si](C)(C)C)C1(COS(C)(=O)=O)COS(C)(=O)=O. The average molecular weight is 600 g/mol. The zero-order valence-corrected chi connectivity index (χ0v) is 25.4. The maximum atomic E-state index is 13.4. The van der Waals surface area contributed by atoms with Crippen LogP contribution in [0.2, 0.25) is 24.1 Å². The van der Waals surface area contributed by atoms with Crippen LogP contribution in [0, 0.1) is 17.3 Å². The van der Waals surface area contributed by atoms with E-state index in [1.54, 1.807) is 20.8 Å². The number of carbonyl (C=O) groups excluding carboxylic acids is 1. The molecule has 34 heavy (non-hydrogen) atoms. The first-order valence-electron chi connectivity index (χ1n) is 10.9. The normalized spacial score (nSPS) is 21.6. The molecule has 8 nitrogen and oxygen atoms in total. The van der Waals surface area contributed by atoms with Crippen LogP contribution in [0.4, 0.5) is 0 Å². The Hall–Kier alpha value is -0.754. The molecule has 1 fully saturated rings. The van der Waals surface area contributed by atoms with Crippen molar-refractivity contribution in [3.05, 3.63) is 30.3 Å². The molecule has 1 aromatic carbocycles. The Balaban J connectivity index is 2.57. The van der Waals surface area contributed by atoms with E-state index in [-0.39, 0.29) is 38.5 Å². The van der Waals surface area contributed by atoms with E-state index in [0.717, 1.165) is 17.0 Å². The Morgan fingerprint density at radius 3 is 1.85 bits per heavy atom. The second kappa shape index (κ2) is 10.3. The molecule has 12 heteroatoms. The van der Waals surface area contributed by atoms with E-state index in [4.69, 9.17) is 13.1 Å². The van der Waals surface area contributed by atoms with Gasteiger partial charge in [0.25, 0.3) is 0 Å². The van der Waals surface area contributed by atoms with Gasteiger partial charge in [0.2, 0.25) is 0 Å². The summed E-state index contributed by atoms with van der Waals surface area (Å²) in [4.78, 5) is 13.4. The number of benzene rings is 1. The van der Waals surface area contributed by atoms with Crippen LogP contribution < -0.4 is 4.46 Å². The molecule has 0 aromatic heterocycles. The molecule has 1 aliphatic rings. The number of hydrogen-bond donors (Lipinski definition) is 0. The minimum absolute atomic E-state index is 0.0470. The Morgan fingerprint density at radius 1 is 1.00 bits per heavy atom. The molecule has 0 unspecified atom stereocenters. The van der Waals surface area contributed by atoms with Crippen molar-refractivity contribution in [2.45, 2.75) is 50.5 Å². The van der Waals surface area contributed by atoms with Crippen LogP contribution in [0.25, 0.3) is 0 Å². The van der Waals surface area contributed by atoms with Gasteiger partial charge in [0, 0.05) is 0 Å². The zero-order chi connectivity index (χ0) is 26.2. The summed E-state index contributed by atoms with van der Waals surface area (Å²) in [7, 11) is -9.62. The van der Waals surface area contributed by atoms with Gasteiger partial charge in [0.1, 0.15) is 0 Å². The molecule has 0 radical (unpaired) electrons. The van der Waals surface area contributed by atoms with Gasteiger partial charge in [-0.25, -0.2) is 0 Å². The van der Waals surface area contributed by atoms with Crippen LogP contribution in [0.15, 0.2) is 30.3 Å². The van der Waals surface area contributed by atoms with Crippen LogP contribution in [-0.2, 0) is 38.1 Å². The van der Waals surface area contributed by atoms with Gasteiger partial charge in [-0.15, -0.1) is 0 Å². The Bertz CT molecular complexity index is 1040. The van der Waals surface area contributed by atoms with Gasteiger partial charge in [0.15, 0.2) is 0 Å². The van der Waals surface area contributed by atoms with Crippen molar-refractivity contribution >= 4 is 53.7 Å². The number of ether oxygens (including phenoxy) is 1. The number of rotatable bonds is 11. The molecule has 0 aliphatic heterocycles. The predicted octanol–water partition coefficient (Wildman–Crippen LogP) is 2.21. The summed E-state index contributed by atoms with van der Waals surface area (Å²) >= 11 is -0.0470. The summed E-state index contributed by atoms with van der Waals surface area (Å²) in [5.74, 6) is -1.56. The summed E-state index contributed by atoms with van der Waals surface area (Å²) in [5.41, 5.74) is -1.89. The van der Waals surface area contributed by atoms with Crippen molar-refractivity contribution in [2.24, 2.45) is 17.3 Å². The second-order valence-electron chi connectivity index (χ2n) is 10.9. The van der Waals surface area contributed by atoms with Crippen LogP contribution in [0.5, 0.6) is 0 Å². The monoisotopic (exact) mass is 600 g/mol. The van der Waals surface area contributed by atoms with Crippen LogP contribution in [0.1, 0.15) is 20.8 Å². The molecule has 3 atom stereocenters. The summed E-state index contributed by atoms with van der Waals surface area (Å²) in [6.45, 7) is 11.2. The van der Waals surface area contributed by atoms with Crippen molar-refractivity contribution in [2.75, 3.05) is 25.7 Å². The van der Waals surface area contributed by atoms with Crippen molar-refractivity contribution < 1.29 is 34.7 Å². The van der Waals surface area contributed by atoms with E-state index in [1.807, 2.05) is 30.3 Å². The Labute approximate surface area is 211 Å². The summed E-state index contributed by atoms with van der Waals surface area (Å²) in [5, 5.41) is 0. The van der Waals surface area contributed by atoms with Crippen molar-refractivity contribution in [1.82, 2.24) is 0 Å². The van der Waals surface area contributed by atoms with E-state index in [0.29, 0.717) is 0 Å². The van der Waals surface area contributed by atoms with Crippen LogP contribution in [0.3, 0.4) is 0 Å². The van der Waals surface area contributed by atoms with Crippen LogP contribution >= 0.6 is 0 Å². The molecule has 1 aromatic rings.